The van der Waals surface area contributed by atoms with Gasteiger partial charge in [-0.25, -0.2) is 29.3 Å². The van der Waals surface area contributed by atoms with Gasteiger partial charge in [0.25, 0.3) is 0 Å². The normalized spacial score (nSPS) is 11.5. The minimum absolute atomic E-state index is 0.0737. The van der Waals surface area contributed by atoms with Gasteiger partial charge in [-0.2, -0.15) is 0 Å². The molecule has 0 saturated heterocycles. The zero-order valence-corrected chi connectivity index (χ0v) is 17.5. The third-order valence-corrected chi connectivity index (χ3v) is 4.39. The molecule has 0 radical (unpaired) electrons. The van der Waals surface area contributed by atoms with Crippen LogP contribution in [0.15, 0.2) is 43.0 Å². The van der Waals surface area contributed by atoms with Crippen LogP contribution >= 0.6 is 0 Å². The number of carbonyl (C=O) groups is 1. The summed E-state index contributed by atoms with van der Waals surface area (Å²) < 4.78 is 16.3. The summed E-state index contributed by atoms with van der Waals surface area (Å²) in [5, 5.41) is 5.87. The lowest BCUT2D eigenvalue weighted by molar-refractivity contribution is -0.114. The van der Waals surface area contributed by atoms with Crippen molar-refractivity contribution in [3.8, 4) is 11.3 Å². The first kappa shape index (κ1) is 20.3. The lowest BCUT2D eigenvalue weighted by atomic mass is 10.1. The molecule has 0 aliphatic rings. The average molecular weight is 420 g/mol. The molecule has 0 aliphatic heterocycles. The first-order chi connectivity index (χ1) is 14.7. The number of imidazole rings is 1. The van der Waals surface area contributed by atoms with Crippen molar-refractivity contribution in [3.05, 3.63) is 54.5 Å². The van der Waals surface area contributed by atoms with Crippen LogP contribution < -0.4 is 10.6 Å². The molecule has 0 spiro atoms. The molecular formula is C21H21FN8O. The van der Waals surface area contributed by atoms with Crippen LogP contribution in [0.3, 0.4) is 0 Å². The number of amides is 1. The van der Waals surface area contributed by atoms with E-state index in [4.69, 9.17) is 0 Å². The predicted octanol–water partition coefficient (Wildman–Crippen LogP) is 3.80. The lowest BCUT2D eigenvalue weighted by Gasteiger charge is -2.17. The molecule has 0 unspecified atom stereocenters. The molecule has 0 atom stereocenters. The fourth-order valence-electron chi connectivity index (χ4n) is 3.00. The van der Waals surface area contributed by atoms with E-state index in [0.29, 0.717) is 40.1 Å². The number of nitrogens with one attached hydrogen (secondary N) is 2. The minimum atomic E-state index is -1.70. The Kier molecular flexibility index (Phi) is 5.05. The molecule has 0 aromatic carbocycles. The quantitative estimate of drug-likeness (QED) is 0.505. The number of rotatable bonds is 5. The van der Waals surface area contributed by atoms with Crippen LogP contribution in [0.25, 0.3) is 17.0 Å². The Bertz CT molecular complexity index is 1280. The SMILES string of the molecule is CC(=O)Nc1cc(Nc2cc(C)nc(C(C)(C)F)n2)c(-c2ccn3ccnc3n2)cn1. The number of nitrogens with zero attached hydrogens (tertiary/aromatic N) is 6. The van der Waals surface area contributed by atoms with Crippen LogP contribution in [-0.4, -0.2) is 35.2 Å². The highest BCUT2D eigenvalue weighted by Crippen LogP contribution is 2.31. The summed E-state index contributed by atoms with van der Waals surface area (Å²) in [6, 6.07) is 5.21. The summed E-state index contributed by atoms with van der Waals surface area (Å²) in [6.45, 7) is 5.98. The number of fused-ring (bicyclic) bond motifs is 1. The molecule has 158 valence electrons. The van der Waals surface area contributed by atoms with Crippen molar-refractivity contribution in [1.82, 2.24) is 29.3 Å². The Labute approximate surface area is 177 Å². The maximum absolute atomic E-state index is 14.5. The number of pyridine rings is 1. The van der Waals surface area contributed by atoms with Crippen LogP contribution in [-0.2, 0) is 10.5 Å². The summed E-state index contributed by atoms with van der Waals surface area (Å²) in [5.74, 6) is 1.13. The molecule has 4 rings (SSSR count). The lowest BCUT2D eigenvalue weighted by Crippen LogP contribution is -2.16. The van der Waals surface area contributed by atoms with E-state index in [-0.39, 0.29) is 11.7 Å². The third-order valence-electron chi connectivity index (χ3n) is 4.39. The molecule has 4 heterocycles. The first-order valence-corrected chi connectivity index (χ1v) is 9.59. The van der Waals surface area contributed by atoms with Crippen LogP contribution in [0.4, 0.5) is 21.7 Å². The number of aryl methyl sites for hydroxylation is 1. The molecule has 0 saturated carbocycles. The smallest absolute Gasteiger partial charge is 0.234 e. The van der Waals surface area contributed by atoms with Gasteiger partial charge in [0.1, 0.15) is 11.6 Å². The second-order valence-electron chi connectivity index (χ2n) is 7.56. The summed E-state index contributed by atoms with van der Waals surface area (Å²) in [4.78, 5) is 33.1. The van der Waals surface area contributed by atoms with Crippen LogP contribution in [0.5, 0.6) is 0 Å². The van der Waals surface area contributed by atoms with Crippen LogP contribution in [0.2, 0.25) is 0 Å². The van der Waals surface area contributed by atoms with E-state index in [9.17, 15) is 9.18 Å². The standard InChI is InChI=1S/C21H21FN8O/c1-12-9-18(29-19(25-12)21(3,4)22)27-16-10-17(26-13(2)31)24-11-14(16)15-5-7-30-8-6-23-20(30)28-15/h5-11H,1-4H3,(H2,24,25,26,27,29,31). The minimum Gasteiger partial charge on any atom is -0.339 e. The van der Waals surface area contributed by atoms with E-state index in [0.717, 1.165) is 0 Å². The highest BCUT2D eigenvalue weighted by atomic mass is 19.1. The maximum atomic E-state index is 14.5. The maximum Gasteiger partial charge on any atom is 0.234 e. The number of anilines is 3. The summed E-state index contributed by atoms with van der Waals surface area (Å²) >= 11 is 0. The van der Waals surface area contributed by atoms with Crippen LogP contribution in [0.1, 0.15) is 32.3 Å². The molecule has 4 aromatic rings. The van der Waals surface area contributed by atoms with Gasteiger partial charge < -0.3 is 10.6 Å². The number of alkyl halides is 1. The molecular weight excluding hydrogens is 399 g/mol. The van der Waals surface area contributed by atoms with Gasteiger partial charge in [0, 0.05) is 55.1 Å². The highest BCUT2D eigenvalue weighted by Gasteiger charge is 2.23. The highest BCUT2D eigenvalue weighted by molar-refractivity contribution is 5.89. The zero-order valence-electron chi connectivity index (χ0n) is 17.5. The molecule has 0 aliphatic carbocycles. The molecule has 0 fully saturated rings. The molecule has 1 amide bonds. The molecule has 10 heteroatoms. The van der Waals surface area contributed by atoms with Gasteiger partial charge in [-0.15, -0.1) is 0 Å². The molecule has 2 N–H and O–H groups in total. The van der Waals surface area contributed by atoms with E-state index < -0.39 is 5.67 Å². The number of carbonyl (C=O) groups excluding carboxylic acids is 1. The summed E-state index contributed by atoms with van der Waals surface area (Å²) in [5.41, 5.74) is 0.797. The van der Waals surface area contributed by atoms with Gasteiger partial charge in [0.15, 0.2) is 11.5 Å². The Morgan fingerprint density at radius 1 is 1.10 bits per heavy atom. The molecule has 31 heavy (non-hydrogen) atoms. The first-order valence-electron chi connectivity index (χ1n) is 9.59. The number of aromatic nitrogens is 6. The summed E-state index contributed by atoms with van der Waals surface area (Å²) in [7, 11) is 0. The fraction of sp³-hybridized carbons (Fsp3) is 0.238. The molecule has 0 bridgehead atoms. The van der Waals surface area contributed by atoms with E-state index in [1.807, 2.05) is 12.3 Å². The third kappa shape index (κ3) is 4.47. The second kappa shape index (κ2) is 7.71. The predicted molar refractivity (Wildman–Crippen MR) is 115 cm³/mol. The van der Waals surface area contributed by atoms with E-state index in [1.54, 1.807) is 42.0 Å². The topological polar surface area (TPSA) is 110 Å². The Hall–Kier alpha value is -3.95. The largest absolute Gasteiger partial charge is 0.339 e. The van der Waals surface area contributed by atoms with E-state index in [1.165, 1.54) is 20.8 Å². The van der Waals surface area contributed by atoms with Crippen molar-refractivity contribution in [2.45, 2.75) is 33.4 Å². The summed E-state index contributed by atoms with van der Waals surface area (Å²) in [6.07, 6.45) is 6.90. The van der Waals surface area contributed by atoms with Gasteiger partial charge in [-0.05, 0) is 26.8 Å². The number of hydrogen-bond acceptors (Lipinski definition) is 7. The second-order valence-corrected chi connectivity index (χ2v) is 7.56. The van der Waals surface area contributed by atoms with Crippen molar-refractivity contribution in [2.24, 2.45) is 0 Å². The van der Waals surface area contributed by atoms with Gasteiger partial charge in [0.05, 0.1) is 11.4 Å². The Balaban J connectivity index is 1.81. The van der Waals surface area contributed by atoms with E-state index >= 15 is 0 Å². The molecule has 9 nitrogen and oxygen atoms in total. The van der Waals surface area contributed by atoms with Crippen molar-refractivity contribution >= 4 is 29.0 Å². The van der Waals surface area contributed by atoms with Crippen molar-refractivity contribution in [3.63, 3.8) is 0 Å². The fourth-order valence-corrected chi connectivity index (χ4v) is 3.00. The average Bonchev–Trinajstić information content (AvgIpc) is 3.14. The van der Waals surface area contributed by atoms with Gasteiger partial charge in [0.2, 0.25) is 11.7 Å². The van der Waals surface area contributed by atoms with Crippen molar-refractivity contribution < 1.29 is 9.18 Å². The number of hydrogen-bond donors (Lipinski definition) is 2. The van der Waals surface area contributed by atoms with Crippen molar-refractivity contribution in [1.29, 1.82) is 0 Å². The zero-order chi connectivity index (χ0) is 22.2. The Morgan fingerprint density at radius 2 is 1.90 bits per heavy atom. The van der Waals surface area contributed by atoms with Gasteiger partial charge in [-0.3, -0.25) is 9.20 Å². The number of halogens is 1. The van der Waals surface area contributed by atoms with Crippen molar-refractivity contribution in [2.75, 3.05) is 10.6 Å². The Morgan fingerprint density at radius 3 is 2.65 bits per heavy atom. The molecule has 4 aromatic heterocycles. The van der Waals surface area contributed by atoms with Gasteiger partial charge in [-0.1, -0.05) is 0 Å². The van der Waals surface area contributed by atoms with Gasteiger partial charge >= 0.3 is 0 Å². The van der Waals surface area contributed by atoms with E-state index in [2.05, 4.69) is 35.6 Å². The van der Waals surface area contributed by atoms with Crippen LogP contribution in [0, 0.1) is 6.92 Å². The monoisotopic (exact) mass is 420 g/mol.